The monoisotopic (exact) mass is 298 g/mol. The molecule has 2 aliphatic rings. The molecule has 0 spiro atoms. The van der Waals surface area contributed by atoms with Gasteiger partial charge in [0.2, 0.25) is 5.91 Å². The van der Waals surface area contributed by atoms with Crippen molar-refractivity contribution in [1.29, 1.82) is 0 Å². The highest BCUT2D eigenvalue weighted by atomic mass is 35.5. The minimum atomic E-state index is 0.0442. The van der Waals surface area contributed by atoms with Gasteiger partial charge in [0.1, 0.15) is 0 Å². The number of halogens is 1. The first-order valence-corrected chi connectivity index (χ1v) is 7.54. The van der Waals surface area contributed by atoms with Gasteiger partial charge in [-0.05, 0) is 29.7 Å². The van der Waals surface area contributed by atoms with Gasteiger partial charge in [0.25, 0.3) is 0 Å². The second-order valence-corrected chi connectivity index (χ2v) is 6.02. The maximum atomic E-state index is 12.2. The standard InChI is InChI=1S/C17H15ClN2O/c18-13-8-12-6-7-20-15(11-4-2-1-3-5-11)10-16(21)19-14(9-13)17(12)20/h1-5,8-9,15H,6-7,10H2,(H,19,21). The van der Waals surface area contributed by atoms with Crippen LogP contribution in [0.25, 0.3) is 0 Å². The lowest BCUT2D eigenvalue weighted by atomic mass is 10.0. The van der Waals surface area contributed by atoms with Crippen LogP contribution in [0.15, 0.2) is 42.5 Å². The van der Waals surface area contributed by atoms with E-state index >= 15 is 0 Å². The Kier molecular flexibility index (Phi) is 2.89. The van der Waals surface area contributed by atoms with E-state index in [0.29, 0.717) is 11.4 Å². The summed E-state index contributed by atoms with van der Waals surface area (Å²) in [7, 11) is 0. The van der Waals surface area contributed by atoms with Crippen LogP contribution in [-0.4, -0.2) is 12.5 Å². The van der Waals surface area contributed by atoms with Crippen LogP contribution in [0.5, 0.6) is 0 Å². The van der Waals surface area contributed by atoms with Crippen LogP contribution in [0.3, 0.4) is 0 Å². The number of hydrogen-bond donors (Lipinski definition) is 1. The minimum absolute atomic E-state index is 0.0442. The van der Waals surface area contributed by atoms with E-state index in [1.807, 2.05) is 30.3 Å². The third kappa shape index (κ3) is 2.09. The Balaban J connectivity index is 1.86. The highest BCUT2D eigenvalue weighted by Gasteiger charge is 2.34. The predicted molar refractivity (Wildman–Crippen MR) is 84.9 cm³/mol. The fraction of sp³-hybridized carbons (Fsp3) is 0.235. The van der Waals surface area contributed by atoms with Crippen LogP contribution in [0.1, 0.15) is 23.6 Å². The largest absolute Gasteiger partial charge is 0.362 e. The summed E-state index contributed by atoms with van der Waals surface area (Å²) in [6.07, 6.45) is 1.44. The molecule has 1 unspecified atom stereocenters. The molecule has 0 radical (unpaired) electrons. The van der Waals surface area contributed by atoms with Gasteiger partial charge in [-0.1, -0.05) is 41.9 Å². The number of benzene rings is 2. The number of nitrogens with zero attached hydrogens (tertiary/aromatic N) is 1. The fourth-order valence-corrected chi connectivity index (χ4v) is 3.65. The van der Waals surface area contributed by atoms with Gasteiger partial charge in [-0.25, -0.2) is 0 Å². The smallest absolute Gasteiger partial charge is 0.226 e. The van der Waals surface area contributed by atoms with Gasteiger partial charge in [0, 0.05) is 11.6 Å². The van der Waals surface area contributed by atoms with Gasteiger partial charge in [-0.2, -0.15) is 0 Å². The highest BCUT2D eigenvalue weighted by molar-refractivity contribution is 6.31. The Morgan fingerprint density at radius 2 is 2.00 bits per heavy atom. The molecule has 0 aromatic heterocycles. The lowest BCUT2D eigenvalue weighted by molar-refractivity contribution is -0.116. The maximum absolute atomic E-state index is 12.2. The number of rotatable bonds is 1. The molecule has 0 aliphatic carbocycles. The lowest BCUT2D eigenvalue weighted by Crippen LogP contribution is -2.27. The molecule has 0 saturated carbocycles. The van der Waals surface area contributed by atoms with Crippen LogP contribution in [0.4, 0.5) is 11.4 Å². The first kappa shape index (κ1) is 12.7. The SMILES string of the molecule is O=C1CC(c2ccccc2)N2CCc3cc(Cl)cc(c32)N1. The van der Waals surface area contributed by atoms with E-state index in [-0.39, 0.29) is 11.9 Å². The number of amides is 1. The van der Waals surface area contributed by atoms with Crippen molar-refractivity contribution < 1.29 is 4.79 Å². The Labute approximate surface area is 128 Å². The van der Waals surface area contributed by atoms with Crippen molar-refractivity contribution in [3.05, 3.63) is 58.6 Å². The summed E-state index contributed by atoms with van der Waals surface area (Å²) < 4.78 is 0. The molecular weight excluding hydrogens is 284 g/mol. The zero-order valence-electron chi connectivity index (χ0n) is 11.5. The second-order valence-electron chi connectivity index (χ2n) is 5.58. The van der Waals surface area contributed by atoms with Crippen molar-refractivity contribution in [3.63, 3.8) is 0 Å². The highest BCUT2D eigenvalue weighted by Crippen LogP contribution is 2.45. The first-order chi connectivity index (χ1) is 10.2. The van der Waals surface area contributed by atoms with Crippen LogP contribution in [0.2, 0.25) is 5.02 Å². The molecule has 2 heterocycles. The molecule has 2 aliphatic heterocycles. The summed E-state index contributed by atoms with van der Waals surface area (Å²) in [6.45, 7) is 0.928. The quantitative estimate of drug-likeness (QED) is 0.869. The van der Waals surface area contributed by atoms with Crippen LogP contribution < -0.4 is 10.2 Å². The van der Waals surface area contributed by atoms with E-state index in [1.165, 1.54) is 11.1 Å². The molecule has 4 heteroatoms. The third-order valence-electron chi connectivity index (χ3n) is 4.28. The lowest BCUT2D eigenvalue weighted by Gasteiger charge is -2.28. The van der Waals surface area contributed by atoms with Crippen molar-refractivity contribution in [2.45, 2.75) is 18.9 Å². The van der Waals surface area contributed by atoms with E-state index in [1.54, 1.807) is 0 Å². The Hall–Kier alpha value is -2.00. The number of carbonyl (C=O) groups excluding carboxylic acids is 1. The summed E-state index contributed by atoms with van der Waals surface area (Å²) in [6, 6.07) is 14.2. The van der Waals surface area contributed by atoms with Gasteiger partial charge >= 0.3 is 0 Å². The average molecular weight is 299 g/mol. The van der Waals surface area contributed by atoms with Gasteiger partial charge in [0.15, 0.2) is 0 Å². The van der Waals surface area contributed by atoms with Crippen molar-refractivity contribution >= 4 is 28.9 Å². The van der Waals surface area contributed by atoms with E-state index < -0.39 is 0 Å². The van der Waals surface area contributed by atoms with Crippen molar-refractivity contribution in [2.24, 2.45) is 0 Å². The zero-order valence-corrected chi connectivity index (χ0v) is 12.2. The predicted octanol–water partition coefficient (Wildman–Crippen LogP) is 3.79. The molecule has 2 aromatic rings. The maximum Gasteiger partial charge on any atom is 0.226 e. The third-order valence-corrected chi connectivity index (χ3v) is 4.49. The van der Waals surface area contributed by atoms with Gasteiger partial charge in [-0.15, -0.1) is 0 Å². The Morgan fingerprint density at radius 1 is 1.19 bits per heavy atom. The number of hydrogen-bond acceptors (Lipinski definition) is 2. The molecule has 1 atom stereocenters. The molecule has 0 bridgehead atoms. The normalized spacial score (nSPS) is 20.0. The van der Waals surface area contributed by atoms with Crippen molar-refractivity contribution in [2.75, 3.05) is 16.8 Å². The summed E-state index contributed by atoms with van der Waals surface area (Å²) in [4.78, 5) is 14.6. The Morgan fingerprint density at radius 3 is 2.81 bits per heavy atom. The molecule has 1 amide bonds. The number of anilines is 2. The Bertz CT molecular complexity index is 714. The minimum Gasteiger partial charge on any atom is -0.362 e. The molecule has 1 N–H and O–H groups in total. The molecule has 2 aromatic carbocycles. The fourth-order valence-electron chi connectivity index (χ4n) is 3.41. The summed E-state index contributed by atoms with van der Waals surface area (Å²) in [5.74, 6) is 0.0442. The van der Waals surface area contributed by atoms with E-state index in [4.69, 9.17) is 11.6 Å². The van der Waals surface area contributed by atoms with Crippen LogP contribution >= 0.6 is 11.6 Å². The van der Waals surface area contributed by atoms with Crippen LogP contribution in [-0.2, 0) is 11.2 Å². The first-order valence-electron chi connectivity index (χ1n) is 7.16. The van der Waals surface area contributed by atoms with Gasteiger partial charge in [0.05, 0.1) is 23.8 Å². The summed E-state index contributed by atoms with van der Waals surface area (Å²) in [5, 5.41) is 3.69. The molecule has 106 valence electrons. The molecular formula is C17H15ClN2O. The molecule has 21 heavy (non-hydrogen) atoms. The van der Waals surface area contributed by atoms with E-state index in [0.717, 1.165) is 24.3 Å². The van der Waals surface area contributed by atoms with Gasteiger partial charge in [-0.3, -0.25) is 4.79 Å². The molecule has 0 saturated heterocycles. The average Bonchev–Trinajstić information content (AvgIpc) is 2.82. The van der Waals surface area contributed by atoms with E-state index in [2.05, 4.69) is 22.3 Å². The molecule has 3 nitrogen and oxygen atoms in total. The van der Waals surface area contributed by atoms with E-state index in [9.17, 15) is 4.79 Å². The molecule has 4 rings (SSSR count). The van der Waals surface area contributed by atoms with Crippen LogP contribution in [0, 0.1) is 0 Å². The van der Waals surface area contributed by atoms with Crippen molar-refractivity contribution in [1.82, 2.24) is 0 Å². The summed E-state index contributed by atoms with van der Waals surface area (Å²) >= 11 is 6.16. The number of nitrogens with one attached hydrogen (secondary N) is 1. The molecule has 0 fully saturated rings. The topological polar surface area (TPSA) is 32.3 Å². The zero-order chi connectivity index (χ0) is 14.4. The number of carbonyl (C=O) groups is 1. The van der Waals surface area contributed by atoms with Gasteiger partial charge < -0.3 is 10.2 Å². The van der Waals surface area contributed by atoms with Crippen molar-refractivity contribution in [3.8, 4) is 0 Å². The second kappa shape index (κ2) is 4.78. The summed E-state index contributed by atoms with van der Waals surface area (Å²) in [5.41, 5.74) is 4.39.